The Kier molecular flexibility index (Phi) is 5.01. The summed E-state index contributed by atoms with van der Waals surface area (Å²) < 4.78 is 1.73. The number of rotatable bonds is 4. The van der Waals surface area contributed by atoms with Crippen molar-refractivity contribution in [3.05, 3.63) is 51.8 Å². The molecule has 1 saturated heterocycles. The van der Waals surface area contributed by atoms with Gasteiger partial charge in [0.25, 0.3) is 0 Å². The number of nitrogens with one attached hydrogen (secondary N) is 1. The van der Waals surface area contributed by atoms with Gasteiger partial charge in [-0.15, -0.1) is 11.3 Å². The number of fused-ring (bicyclic) bond motifs is 2. The van der Waals surface area contributed by atoms with E-state index in [0.717, 1.165) is 47.8 Å². The van der Waals surface area contributed by atoms with Crippen molar-refractivity contribution >= 4 is 45.4 Å². The summed E-state index contributed by atoms with van der Waals surface area (Å²) in [7, 11) is 0. The minimum Gasteiger partial charge on any atom is -0.355 e. The standard InChI is InChI=1S/C22H22ClN9S/c1-12-11-33-22(27-12)14-3-6-31(10-13(14)8-24)17-9-25-20-19(29-30-21(20)28-17)15-4-7-32-16(18(15)23)2-5-26-32/h2,4-5,7,9,11,13-14H,3,6,8,10,24H2,1H3,(H,28,29,30)/t13-,14+/m0/s1. The van der Waals surface area contributed by atoms with Crippen LogP contribution in [0.1, 0.15) is 23.0 Å². The summed E-state index contributed by atoms with van der Waals surface area (Å²) in [5.41, 5.74) is 10.9. The maximum absolute atomic E-state index is 6.64. The van der Waals surface area contributed by atoms with Gasteiger partial charge in [-0.25, -0.2) is 19.5 Å². The van der Waals surface area contributed by atoms with E-state index >= 15 is 0 Å². The van der Waals surface area contributed by atoms with Crippen molar-refractivity contribution in [2.24, 2.45) is 11.7 Å². The Morgan fingerprint density at radius 3 is 3.03 bits per heavy atom. The molecule has 2 atom stereocenters. The van der Waals surface area contributed by atoms with Gasteiger partial charge in [-0.1, -0.05) is 11.6 Å². The number of H-pyrrole nitrogens is 1. The zero-order chi connectivity index (χ0) is 22.5. The molecule has 0 bridgehead atoms. The van der Waals surface area contributed by atoms with Crippen molar-refractivity contribution in [2.45, 2.75) is 19.3 Å². The van der Waals surface area contributed by atoms with Crippen molar-refractivity contribution in [1.82, 2.24) is 34.8 Å². The molecule has 5 aromatic heterocycles. The van der Waals surface area contributed by atoms with Gasteiger partial charge in [0.2, 0.25) is 5.65 Å². The van der Waals surface area contributed by atoms with Crippen LogP contribution in [0.4, 0.5) is 5.82 Å². The molecule has 0 amide bonds. The molecule has 1 aliphatic rings. The van der Waals surface area contributed by atoms with E-state index in [2.05, 4.69) is 25.6 Å². The first kappa shape index (κ1) is 20.5. The molecule has 33 heavy (non-hydrogen) atoms. The van der Waals surface area contributed by atoms with Gasteiger partial charge in [0.05, 0.1) is 33.6 Å². The lowest BCUT2D eigenvalue weighted by Gasteiger charge is -2.37. The number of hydrogen-bond acceptors (Lipinski definition) is 8. The summed E-state index contributed by atoms with van der Waals surface area (Å²) >= 11 is 8.38. The van der Waals surface area contributed by atoms with Crippen LogP contribution in [0.15, 0.2) is 36.1 Å². The second-order valence-electron chi connectivity index (χ2n) is 8.37. The van der Waals surface area contributed by atoms with E-state index in [0.29, 0.717) is 34.6 Å². The molecule has 0 spiro atoms. The first-order valence-corrected chi connectivity index (χ1v) is 12.1. The highest BCUT2D eigenvalue weighted by Crippen LogP contribution is 2.37. The van der Waals surface area contributed by atoms with Crippen LogP contribution in [-0.4, -0.2) is 54.4 Å². The zero-order valence-electron chi connectivity index (χ0n) is 17.9. The minimum atomic E-state index is 0.317. The summed E-state index contributed by atoms with van der Waals surface area (Å²) in [6.07, 6.45) is 6.39. The van der Waals surface area contributed by atoms with Crippen LogP contribution in [-0.2, 0) is 0 Å². The number of aryl methyl sites for hydroxylation is 1. The van der Waals surface area contributed by atoms with E-state index in [4.69, 9.17) is 32.3 Å². The fraction of sp³-hybridized carbons (Fsp3) is 0.318. The van der Waals surface area contributed by atoms with E-state index in [1.807, 2.05) is 31.5 Å². The van der Waals surface area contributed by atoms with Crippen LogP contribution >= 0.6 is 22.9 Å². The summed E-state index contributed by atoms with van der Waals surface area (Å²) in [6, 6.07) is 3.78. The van der Waals surface area contributed by atoms with Crippen LogP contribution in [0.25, 0.3) is 27.9 Å². The molecular formula is C22H22ClN9S. The lowest BCUT2D eigenvalue weighted by atomic mass is 9.86. The van der Waals surface area contributed by atoms with E-state index in [9.17, 15) is 0 Å². The molecule has 0 saturated carbocycles. The van der Waals surface area contributed by atoms with Crippen molar-refractivity contribution in [2.75, 3.05) is 24.5 Å². The molecule has 6 heterocycles. The number of thiazole rings is 1. The second-order valence-corrected chi connectivity index (χ2v) is 9.64. The number of nitrogens with zero attached hydrogens (tertiary/aromatic N) is 7. The fourth-order valence-corrected chi connectivity index (χ4v) is 5.96. The molecule has 0 aromatic carbocycles. The summed E-state index contributed by atoms with van der Waals surface area (Å²) in [5.74, 6) is 1.52. The van der Waals surface area contributed by atoms with Gasteiger partial charge in [-0.3, -0.25) is 5.10 Å². The third-order valence-corrected chi connectivity index (χ3v) is 7.84. The first-order chi connectivity index (χ1) is 16.1. The molecule has 9 nitrogen and oxygen atoms in total. The molecule has 11 heteroatoms. The average molecular weight is 480 g/mol. The largest absolute Gasteiger partial charge is 0.355 e. The Morgan fingerprint density at radius 1 is 1.30 bits per heavy atom. The number of hydrogen-bond donors (Lipinski definition) is 2. The molecule has 1 fully saturated rings. The Hall–Kier alpha value is -3.08. The number of aromatic nitrogens is 7. The van der Waals surface area contributed by atoms with Crippen molar-refractivity contribution < 1.29 is 0 Å². The van der Waals surface area contributed by atoms with Gasteiger partial charge in [-0.2, -0.15) is 10.2 Å². The molecule has 3 N–H and O–H groups in total. The molecule has 1 aliphatic heterocycles. The van der Waals surface area contributed by atoms with Crippen LogP contribution in [0, 0.1) is 12.8 Å². The summed E-state index contributed by atoms with van der Waals surface area (Å²) in [6.45, 7) is 4.34. The summed E-state index contributed by atoms with van der Waals surface area (Å²) in [5, 5.41) is 15.6. The van der Waals surface area contributed by atoms with Crippen LogP contribution in [0.5, 0.6) is 0 Å². The highest BCUT2D eigenvalue weighted by Gasteiger charge is 2.32. The monoisotopic (exact) mass is 479 g/mol. The molecule has 0 aliphatic carbocycles. The Bertz CT molecular complexity index is 1450. The maximum atomic E-state index is 6.64. The normalized spacial score (nSPS) is 19.1. The average Bonchev–Trinajstić information content (AvgIpc) is 3.58. The van der Waals surface area contributed by atoms with Gasteiger partial charge >= 0.3 is 0 Å². The molecular weight excluding hydrogens is 458 g/mol. The molecule has 0 unspecified atom stereocenters. The van der Waals surface area contributed by atoms with Crippen LogP contribution in [0.3, 0.4) is 0 Å². The van der Waals surface area contributed by atoms with Crippen LogP contribution < -0.4 is 10.6 Å². The van der Waals surface area contributed by atoms with E-state index in [1.165, 1.54) is 5.01 Å². The fourth-order valence-electron chi connectivity index (χ4n) is 4.63. The zero-order valence-corrected chi connectivity index (χ0v) is 19.5. The highest BCUT2D eigenvalue weighted by molar-refractivity contribution is 7.09. The summed E-state index contributed by atoms with van der Waals surface area (Å²) in [4.78, 5) is 16.5. The maximum Gasteiger partial charge on any atom is 0.202 e. The van der Waals surface area contributed by atoms with Crippen molar-refractivity contribution in [3.63, 3.8) is 0 Å². The number of piperidine rings is 1. The third-order valence-electron chi connectivity index (χ3n) is 6.35. The number of halogens is 1. The number of anilines is 1. The van der Waals surface area contributed by atoms with E-state index in [1.54, 1.807) is 22.0 Å². The van der Waals surface area contributed by atoms with Gasteiger partial charge in [0, 0.05) is 41.8 Å². The lowest BCUT2D eigenvalue weighted by Crippen LogP contribution is -2.43. The van der Waals surface area contributed by atoms with Gasteiger partial charge in [-0.05, 0) is 37.9 Å². The first-order valence-electron chi connectivity index (χ1n) is 10.8. The Labute approximate surface area is 198 Å². The Balaban J connectivity index is 1.29. The quantitative estimate of drug-likeness (QED) is 0.404. The smallest absolute Gasteiger partial charge is 0.202 e. The van der Waals surface area contributed by atoms with Gasteiger partial charge < -0.3 is 10.6 Å². The van der Waals surface area contributed by atoms with Crippen LogP contribution in [0.2, 0.25) is 5.02 Å². The van der Waals surface area contributed by atoms with E-state index in [-0.39, 0.29) is 0 Å². The van der Waals surface area contributed by atoms with E-state index < -0.39 is 0 Å². The van der Waals surface area contributed by atoms with Crippen molar-refractivity contribution in [1.29, 1.82) is 0 Å². The molecule has 168 valence electrons. The Morgan fingerprint density at radius 2 is 2.21 bits per heavy atom. The molecule has 6 rings (SSSR count). The number of pyridine rings is 1. The lowest BCUT2D eigenvalue weighted by molar-refractivity contribution is 0.362. The minimum absolute atomic E-state index is 0.317. The van der Waals surface area contributed by atoms with Gasteiger partial charge in [0.15, 0.2) is 0 Å². The van der Waals surface area contributed by atoms with Gasteiger partial charge in [0.1, 0.15) is 11.3 Å². The molecule has 5 aromatic rings. The predicted octanol–water partition coefficient (Wildman–Crippen LogP) is 3.65. The third kappa shape index (κ3) is 3.45. The van der Waals surface area contributed by atoms with Crippen molar-refractivity contribution in [3.8, 4) is 11.3 Å². The highest BCUT2D eigenvalue weighted by atomic mass is 35.5. The SMILES string of the molecule is Cc1csc([C@@H]2CCN(c3cnc4c(-c5ccn6nccc6c5Cl)[nH]nc4n3)C[C@@H]2CN)n1. The number of nitrogens with two attached hydrogens (primary N) is 1. The predicted molar refractivity (Wildman–Crippen MR) is 130 cm³/mol. The second kappa shape index (κ2) is 8.05. The topological polar surface area (TPSA) is 114 Å². The molecule has 0 radical (unpaired) electrons. The number of aromatic amines is 1.